The fraction of sp³-hybridized carbons (Fsp3) is 0.903. The number of unbranched alkanes of at least 4 members (excludes halogenated alkanes) is 18. The number of guanidine groups is 1. The zero-order chi connectivity index (χ0) is 28.8. The van der Waals surface area contributed by atoms with Gasteiger partial charge in [-0.2, -0.15) is 0 Å². The lowest BCUT2D eigenvalue weighted by Crippen LogP contribution is -2.50. The largest absolute Gasteiger partial charge is 0.370 e. The van der Waals surface area contributed by atoms with Gasteiger partial charge in [-0.25, -0.2) is 4.79 Å². The molecule has 0 radical (unpaired) electrons. The molecule has 0 spiro atoms. The molecule has 1 atom stereocenters. The van der Waals surface area contributed by atoms with E-state index in [1.165, 1.54) is 103 Å². The summed E-state index contributed by atoms with van der Waals surface area (Å²) in [6.45, 7) is 6.26. The van der Waals surface area contributed by atoms with Gasteiger partial charge in [-0.05, 0) is 25.7 Å². The molecular weight excluding hydrogens is 524 g/mol. The number of halogens is 1. The number of nitrogens with one attached hydrogen (secondary N) is 5. The van der Waals surface area contributed by atoms with Crippen LogP contribution in [0.15, 0.2) is 0 Å². The monoisotopic (exact) mass is 588 g/mol. The highest BCUT2D eigenvalue weighted by Crippen LogP contribution is 2.11. The van der Waals surface area contributed by atoms with Gasteiger partial charge in [0.05, 0.1) is 0 Å². The van der Waals surface area contributed by atoms with E-state index >= 15 is 0 Å². The van der Waals surface area contributed by atoms with Crippen LogP contribution >= 0.6 is 12.4 Å². The molecule has 40 heavy (non-hydrogen) atoms. The van der Waals surface area contributed by atoms with Crippen LogP contribution in [0.2, 0.25) is 0 Å². The van der Waals surface area contributed by atoms with Crippen LogP contribution < -0.4 is 27.0 Å². The Labute approximate surface area is 252 Å². The summed E-state index contributed by atoms with van der Waals surface area (Å²) < 4.78 is 0. The summed E-state index contributed by atoms with van der Waals surface area (Å²) >= 11 is 0. The summed E-state index contributed by atoms with van der Waals surface area (Å²) in [7, 11) is 0. The third-order valence-corrected chi connectivity index (χ3v) is 7.25. The fourth-order valence-corrected chi connectivity index (χ4v) is 4.77. The van der Waals surface area contributed by atoms with Crippen molar-refractivity contribution in [3.63, 3.8) is 0 Å². The molecule has 0 aliphatic heterocycles. The molecule has 0 fully saturated rings. The standard InChI is InChI=1S/C31H64N6O2.ClH/c1-3-5-7-9-11-13-15-17-19-21-25-34-29(38)28(24-23-27-35-30(32)33)37-31(39)36-26-22-20-18-16-14-12-10-8-6-4-2;/h28H,3-27H2,1-2H3,(H,34,38)(H4,32,33,35)(H2,36,37,39);1H/t28-;/m0./s1. The number of rotatable bonds is 28. The average Bonchev–Trinajstić information content (AvgIpc) is 2.91. The first-order valence-corrected chi connectivity index (χ1v) is 16.4. The zero-order valence-corrected chi connectivity index (χ0v) is 26.9. The fourth-order valence-electron chi connectivity index (χ4n) is 4.77. The van der Waals surface area contributed by atoms with Gasteiger partial charge in [-0.15, -0.1) is 12.4 Å². The minimum Gasteiger partial charge on any atom is -0.370 e. The van der Waals surface area contributed by atoms with Crippen LogP contribution in [0, 0.1) is 5.41 Å². The minimum absolute atomic E-state index is 0. The Bertz CT molecular complexity index is 594. The molecule has 0 aromatic heterocycles. The van der Waals surface area contributed by atoms with Crippen molar-refractivity contribution in [2.75, 3.05) is 19.6 Å². The summed E-state index contributed by atoms with van der Waals surface area (Å²) in [6.07, 6.45) is 26.3. The first-order chi connectivity index (χ1) is 19.0. The van der Waals surface area contributed by atoms with Gasteiger partial charge >= 0.3 is 6.03 Å². The lowest BCUT2D eigenvalue weighted by molar-refractivity contribution is -0.123. The summed E-state index contributed by atoms with van der Waals surface area (Å²) in [5.41, 5.74) is 5.35. The summed E-state index contributed by atoms with van der Waals surface area (Å²) in [5, 5.41) is 18.8. The predicted molar refractivity (Wildman–Crippen MR) is 173 cm³/mol. The molecule has 8 nitrogen and oxygen atoms in total. The predicted octanol–water partition coefficient (Wildman–Crippen LogP) is 7.30. The van der Waals surface area contributed by atoms with Gasteiger partial charge in [0.15, 0.2) is 5.96 Å². The summed E-state index contributed by atoms with van der Waals surface area (Å²) in [6, 6.07) is -0.876. The number of urea groups is 1. The van der Waals surface area contributed by atoms with Crippen molar-refractivity contribution in [1.82, 2.24) is 21.3 Å². The van der Waals surface area contributed by atoms with Crippen molar-refractivity contribution >= 4 is 30.3 Å². The minimum atomic E-state index is -0.588. The Morgan fingerprint density at radius 2 is 0.950 bits per heavy atom. The lowest BCUT2D eigenvalue weighted by atomic mass is 10.1. The van der Waals surface area contributed by atoms with Crippen molar-refractivity contribution in [2.45, 2.75) is 161 Å². The highest BCUT2D eigenvalue weighted by Gasteiger charge is 2.20. The van der Waals surface area contributed by atoms with E-state index in [4.69, 9.17) is 11.1 Å². The first-order valence-electron chi connectivity index (χ1n) is 16.4. The van der Waals surface area contributed by atoms with Crippen LogP contribution in [0.3, 0.4) is 0 Å². The number of carbonyl (C=O) groups excluding carboxylic acids is 2. The Morgan fingerprint density at radius 1 is 0.575 bits per heavy atom. The van der Waals surface area contributed by atoms with Gasteiger partial charge in [0.25, 0.3) is 0 Å². The van der Waals surface area contributed by atoms with Crippen molar-refractivity contribution in [3.05, 3.63) is 0 Å². The maximum atomic E-state index is 12.8. The van der Waals surface area contributed by atoms with E-state index in [0.717, 1.165) is 25.7 Å². The second-order valence-corrected chi connectivity index (χ2v) is 11.1. The molecule has 9 heteroatoms. The first kappa shape index (κ1) is 40.4. The van der Waals surface area contributed by atoms with Crippen LogP contribution in [0.1, 0.15) is 155 Å². The molecular formula is C31H65ClN6O2. The summed E-state index contributed by atoms with van der Waals surface area (Å²) in [5.74, 6) is -0.220. The van der Waals surface area contributed by atoms with Gasteiger partial charge in [0, 0.05) is 19.6 Å². The Balaban J connectivity index is 0. The molecule has 0 saturated heterocycles. The van der Waals surface area contributed by atoms with Crippen molar-refractivity contribution in [1.29, 1.82) is 5.41 Å². The maximum absolute atomic E-state index is 12.8. The number of hydrogen-bond acceptors (Lipinski definition) is 3. The molecule has 3 amide bonds. The quantitative estimate of drug-likeness (QED) is 0.0325. The van der Waals surface area contributed by atoms with E-state index in [1.54, 1.807) is 0 Å². The highest BCUT2D eigenvalue weighted by atomic mass is 35.5. The molecule has 0 aromatic carbocycles. The maximum Gasteiger partial charge on any atom is 0.315 e. The topological polar surface area (TPSA) is 132 Å². The molecule has 0 aromatic rings. The van der Waals surface area contributed by atoms with Gasteiger partial charge < -0.3 is 27.0 Å². The van der Waals surface area contributed by atoms with Crippen LogP contribution in [-0.4, -0.2) is 43.6 Å². The second-order valence-electron chi connectivity index (χ2n) is 11.1. The highest BCUT2D eigenvalue weighted by molar-refractivity contribution is 5.87. The molecule has 7 N–H and O–H groups in total. The van der Waals surface area contributed by atoms with E-state index in [1.807, 2.05) is 0 Å². The van der Waals surface area contributed by atoms with Gasteiger partial charge in [0.2, 0.25) is 5.91 Å². The normalized spacial score (nSPS) is 11.3. The molecule has 0 heterocycles. The van der Waals surface area contributed by atoms with E-state index in [-0.39, 0.29) is 30.3 Å². The Hall–Kier alpha value is -1.70. The van der Waals surface area contributed by atoms with Crippen LogP contribution in [0.5, 0.6) is 0 Å². The summed E-state index contributed by atoms with van der Waals surface area (Å²) in [4.78, 5) is 25.2. The number of nitrogens with two attached hydrogens (primary N) is 1. The molecule has 238 valence electrons. The number of carbonyl (C=O) groups is 2. The Kier molecular flexibility index (Phi) is 32.2. The van der Waals surface area contributed by atoms with Gasteiger partial charge in [0.1, 0.15) is 6.04 Å². The van der Waals surface area contributed by atoms with E-state index in [0.29, 0.717) is 32.5 Å². The smallest absolute Gasteiger partial charge is 0.315 e. The molecule has 0 unspecified atom stereocenters. The van der Waals surface area contributed by atoms with E-state index < -0.39 is 6.04 Å². The molecule has 0 rings (SSSR count). The third kappa shape index (κ3) is 29.3. The third-order valence-electron chi connectivity index (χ3n) is 7.25. The average molecular weight is 589 g/mol. The van der Waals surface area contributed by atoms with Crippen molar-refractivity contribution in [2.24, 2.45) is 5.73 Å². The molecule has 0 saturated carbocycles. The van der Waals surface area contributed by atoms with Crippen molar-refractivity contribution in [3.8, 4) is 0 Å². The Morgan fingerprint density at radius 3 is 1.38 bits per heavy atom. The van der Waals surface area contributed by atoms with E-state index in [9.17, 15) is 9.59 Å². The van der Waals surface area contributed by atoms with Gasteiger partial charge in [-0.1, -0.05) is 129 Å². The number of amides is 3. The number of hydrogen-bond donors (Lipinski definition) is 6. The second kappa shape index (κ2) is 31.8. The lowest BCUT2D eigenvalue weighted by Gasteiger charge is -2.19. The molecule has 0 aliphatic carbocycles. The van der Waals surface area contributed by atoms with Crippen molar-refractivity contribution < 1.29 is 9.59 Å². The molecule has 0 bridgehead atoms. The van der Waals surface area contributed by atoms with Gasteiger partial charge in [-0.3, -0.25) is 10.2 Å². The van der Waals surface area contributed by atoms with Crippen LogP contribution in [0.4, 0.5) is 4.79 Å². The van der Waals surface area contributed by atoms with Crippen LogP contribution in [0.25, 0.3) is 0 Å². The SMILES string of the molecule is CCCCCCCCCCCCNC(=O)N[C@@H](CCCNC(=N)N)C(=O)NCCCCCCCCCCCC.Cl. The van der Waals surface area contributed by atoms with Crippen LogP contribution in [-0.2, 0) is 4.79 Å². The molecule has 0 aliphatic rings. The zero-order valence-electron chi connectivity index (χ0n) is 26.1. The van der Waals surface area contributed by atoms with E-state index in [2.05, 4.69) is 35.1 Å².